The first kappa shape index (κ1) is 62.8. The number of carbonyl (C=O) groups excluding carboxylic acids is 9. The molecule has 424 valence electrons. The van der Waals surface area contributed by atoms with Crippen LogP contribution < -0.4 is 65.1 Å². The number of carboxylic acid groups (broad SMARTS) is 2. The van der Waals surface area contributed by atoms with E-state index in [1.165, 1.54) is 0 Å². The summed E-state index contributed by atoms with van der Waals surface area (Å²) < 4.78 is 0. The van der Waals surface area contributed by atoms with Crippen LogP contribution in [0.1, 0.15) is 70.8 Å². The van der Waals surface area contributed by atoms with E-state index in [0.717, 1.165) is 57.1 Å². The molecule has 78 heavy (non-hydrogen) atoms. The molecule has 0 aromatic heterocycles. The SMILES string of the molecule is CC(C)NCCCCCC(=O)N[C@@H]1CSSC[C@H](C(N)=O)NC(=O)[C@@H](Cc2cccc3cc4ccccc4cc23)NC(=O)[C@@H](CC(=O)O)NC(=O)[C@H](CC(=O)O)NC(=O)CNC(=O)[C@H](CCCN=C(N)N)NC(=O)CNC1=O. The van der Waals surface area contributed by atoms with Gasteiger partial charge in [0.25, 0.3) is 0 Å². The average Bonchev–Trinajstić information content (AvgIpc) is 3.38. The Labute approximate surface area is 457 Å². The zero-order valence-electron chi connectivity index (χ0n) is 43.2. The van der Waals surface area contributed by atoms with Crippen molar-refractivity contribution in [3.05, 3.63) is 60.2 Å². The first-order valence-corrected chi connectivity index (χ1v) is 27.6. The predicted molar refractivity (Wildman–Crippen MR) is 293 cm³/mol. The van der Waals surface area contributed by atoms with Gasteiger partial charge in [0.05, 0.1) is 25.9 Å². The van der Waals surface area contributed by atoms with Crippen LogP contribution in [0.15, 0.2) is 59.6 Å². The molecule has 1 aliphatic heterocycles. The normalized spacial score (nSPS) is 20.9. The Morgan fingerprint density at radius 2 is 1.23 bits per heavy atom. The number of aliphatic imine (C=N–C) groups is 1. The van der Waals surface area contributed by atoms with Crippen molar-refractivity contribution in [1.82, 2.24) is 47.9 Å². The lowest BCUT2D eigenvalue weighted by Crippen LogP contribution is -2.59. The second-order valence-corrected chi connectivity index (χ2v) is 21.1. The molecule has 0 unspecified atom stereocenters. The number of unbranched alkanes of at least 4 members (excludes halogenated alkanes) is 2. The number of hydrogen-bond donors (Lipinski definition) is 14. The summed E-state index contributed by atoms with van der Waals surface area (Å²) in [6.45, 7) is 3.22. The maximum atomic E-state index is 14.4. The van der Waals surface area contributed by atoms with E-state index in [4.69, 9.17) is 17.2 Å². The number of primary amides is 1. The number of amides is 9. The molecule has 0 spiro atoms. The third-order valence-electron chi connectivity index (χ3n) is 11.9. The molecule has 3 aromatic carbocycles. The molecular formula is C50H69N13O13S2. The summed E-state index contributed by atoms with van der Waals surface area (Å²) in [5, 5.41) is 45.3. The maximum Gasteiger partial charge on any atom is 0.305 e. The van der Waals surface area contributed by atoms with E-state index in [0.29, 0.717) is 23.4 Å². The molecule has 0 bridgehead atoms. The highest BCUT2D eigenvalue weighted by atomic mass is 33.1. The number of rotatable bonds is 19. The number of carboxylic acids is 2. The number of fused-ring (bicyclic) bond motifs is 2. The minimum absolute atomic E-state index is 0.0209. The fourth-order valence-electron chi connectivity index (χ4n) is 7.92. The van der Waals surface area contributed by atoms with Gasteiger partial charge in [0.1, 0.15) is 36.3 Å². The minimum atomic E-state index is -1.99. The van der Waals surface area contributed by atoms with E-state index in [-0.39, 0.29) is 49.7 Å². The minimum Gasteiger partial charge on any atom is -0.481 e. The summed E-state index contributed by atoms with van der Waals surface area (Å²) in [7, 11) is 2.01. The highest BCUT2D eigenvalue weighted by molar-refractivity contribution is 8.76. The molecule has 3 aromatic rings. The average molecular weight is 1120 g/mol. The van der Waals surface area contributed by atoms with E-state index in [2.05, 4.69) is 52.8 Å². The van der Waals surface area contributed by atoms with Crippen molar-refractivity contribution in [1.29, 1.82) is 0 Å². The van der Waals surface area contributed by atoms with Gasteiger partial charge in [0, 0.05) is 36.9 Å². The first-order chi connectivity index (χ1) is 37.1. The number of nitrogens with zero attached hydrogens (tertiary/aromatic N) is 1. The van der Waals surface area contributed by atoms with E-state index >= 15 is 0 Å². The van der Waals surface area contributed by atoms with Gasteiger partial charge in [-0.05, 0) is 71.5 Å². The van der Waals surface area contributed by atoms with Gasteiger partial charge in [-0.2, -0.15) is 0 Å². The monoisotopic (exact) mass is 1120 g/mol. The Kier molecular flexibility index (Phi) is 25.9. The van der Waals surface area contributed by atoms with Gasteiger partial charge in [-0.15, -0.1) is 0 Å². The lowest BCUT2D eigenvalue weighted by molar-refractivity contribution is -0.143. The highest BCUT2D eigenvalue weighted by Crippen LogP contribution is 2.27. The number of nitrogens with two attached hydrogens (primary N) is 3. The van der Waals surface area contributed by atoms with Crippen molar-refractivity contribution in [2.45, 2.75) is 114 Å². The van der Waals surface area contributed by atoms with Gasteiger partial charge >= 0.3 is 11.9 Å². The number of benzene rings is 3. The molecule has 0 aliphatic carbocycles. The Balaban J connectivity index is 1.70. The maximum absolute atomic E-state index is 14.4. The number of aliphatic carboxylic acids is 2. The van der Waals surface area contributed by atoms with Gasteiger partial charge in [0.2, 0.25) is 53.2 Å². The molecule has 1 saturated heterocycles. The van der Waals surface area contributed by atoms with E-state index < -0.39 is 127 Å². The Morgan fingerprint density at radius 1 is 0.654 bits per heavy atom. The fourth-order valence-corrected chi connectivity index (χ4v) is 10.3. The summed E-state index contributed by atoms with van der Waals surface area (Å²) in [5.74, 6) is -12.5. The van der Waals surface area contributed by atoms with Crippen molar-refractivity contribution in [2.24, 2.45) is 22.2 Å². The zero-order chi connectivity index (χ0) is 57.3. The molecule has 17 N–H and O–H groups in total. The molecule has 0 saturated carbocycles. The summed E-state index contributed by atoms with van der Waals surface area (Å²) in [6, 6.07) is 7.25. The molecule has 1 fully saturated rings. The summed E-state index contributed by atoms with van der Waals surface area (Å²) in [4.78, 5) is 150. The van der Waals surface area contributed by atoms with Crippen LogP contribution in [-0.2, 0) is 59.2 Å². The van der Waals surface area contributed by atoms with E-state index in [1.807, 2.05) is 56.3 Å². The van der Waals surface area contributed by atoms with Crippen molar-refractivity contribution < 1.29 is 63.0 Å². The molecule has 9 amide bonds. The van der Waals surface area contributed by atoms with Crippen LogP contribution in [0.25, 0.3) is 21.5 Å². The van der Waals surface area contributed by atoms with Gasteiger partial charge < -0.3 is 75.3 Å². The van der Waals surface area contributed by atoms with Crippen LogP contribution in [0.2, 0.25) is 0 Å². The standard InChI is InChI=1S/C50H69N13O13S2/c1-27(2)54-16-7-3-4-15-39(64)60-38-26-78-77-25-37(44(51)71)63-47(74)34(20-31-13-8-12-30-18-28-10-5-6-11-29(28)19-32(30)31)61-49(76)36(22-43(69)70)62-48(75)35(21-42(67)68)59-41(66)24-56-45(72)33(14-9-17-55-50(52)53)58-40(65)23-57-46(38)73/h5-6,8,10-13,18-19,27,33-38,54H,3-4,7,9,14-17,20-26H2,1-2H3,(H2,51,71)(H,56,72)(H,57,73)(H,58,65)(H,59,66)(H,60,64)(H,61,76)(H,62,75)(H,63,74)(H,67,68)(H,69,70)(H4,52,53,55)/t33-,34+,35-,36+,37+,38+/m0/s1. The van der Waals surface area contributed by atoms with E-state index in [9.17, 15) is 63.0 Å². The van der Waals surface area contributed by atoms with Gasteiger partial charge in [-0.1, -0.05) is 84.3 Å². The van der Waals surface area contributed by atoms with Gasteiger partial charge in [-0.3, -0.25) is 57.7 Å². The molecule has 6 atom stereocenters. The van der Waals surface area contributed by atoms with Crippen molar-refractivity contribution >= 4 is 114 Å². The molecule has 4 rings (SSSR count). The van der Waals surface area contributed by atoms with Crippen LogP contribution >= 0.6 is 21.6 Å². The topological polar surface area (TPSA) is 427 Å². The van der Waals surface area contributed by atoms with Gasteiger partial charge in [0.15, 0.2) is 5.96 Å². The molecule has 28 heteroatoms. The lowest BCUT2D eigenvalue weighted by atomic mass is 9.95. The smallest absolute Gasteiger partial charge is 0.305 e. The van der Waals surface area contributed by atoms with Crippen LogP contribution in [0.4, 0.5) is 0 Å². The highest BCUT2D eigenvalue weighted by Gasteiger charge is 2.34. The Bertz CT molecular complexity index is 2690. The number of hydrogen-bond acceptors (Lipinski definition) is 15. The van der Waals surface area contributed by atoms with E-state index in [1.54, 1.807) is 12.1 Å². The summed E-state index contributed by atoms with van der Waals surface area (Å²) in [6.07, 6.45) is -0.325. The molecule has 0 radical (unpaired) electrons. The second kappa shape index (κ2) is 32.1. The predicted octanol–water partition coefficient (Wildman–Crippen LogP) is -1.88. The van der Waals surface area contributed by atoms with Crippen molar-refractivity contribution in [3.8, 4) is 0 Å². The molecule has 26 nitrogen and oxygen atoms in total. The van der Waals surface area contributed by atoms with Crippen molar-refractivity contribution in [3.63, 3.8) is 0 Å². The Hall–Kier alpha value is -7.72. The Morgan fingerprint density at radius 3 is 1.86 bits per heavy atom. The fraction of sp³-hybridized carbons (Fsp3) is 0.480. The number of guanidine groups is 1. The lowest BCUT2D eigenvalue weighted by Gasteiger charge is -2.26. The van der Waals surface area contributed by atoms with Crippen LogP contribution in [-0.4, -0.2) is 161 Å². The van der Waals surface area contributed by atoms with Crippen LogP contribution in [0, 0.1) is 0 Å². The second-order valence-electron chi connectivity index (χ2n) is 18.6. The third kappa shape index (κ3) is 22.1. The molecular weight excluding hydrogens is 1050 g/mol. The molecule has 1 heterocycles. The number of nitrogens with one attached hydrogen (secondary N) is 9. The zero-order valence-corrected chi connectivity index (χ0v) is 44.9. The molecule has 1 aliphatic rings. The quantitative estimate of drug-likeness (QED) is 0.0205. The largest absolute Gasteiger partial charge is 0.481 e. The van der Waals surface area contributed by atoms with Crippen LogP contribution in [0.5, 0.6) is 0 Å². The number of carbonyl (C=O) groups is 11. The summed E-state index contributed by atoms with van der Waals surface area (Å²) in [5.41, 5.74) is 17.2. The third-order valence-corrected chi connectivity index (χ3v) is 14.3. The van der Waals surface area contributed by atoms with Crippen molar-refractivity contribution in [2.75, 3.05) is 37.7 Å². The summed E-state index contributed by atoms with van der Waals surface area (Å²) >= 11 is 0. The van der Waals surface area contributed by atoms with Crippen LogP contribution in [0.3, 0.4) is 0 Å². The van der Waals surface area contributed by atoms with Gasteiger partial charge in [-0.25, -0.2) is 0 Å². The first-order valence-electron chi connectivity index (χ1n) is 25.1.